The van der Waals surface area contributed by atoms with Gasteiger partial charge in [0.1, 0.15) is 5.75 Å². The van der Waals surface area contributed by atoms with Crippen molar-refractivity contribution in [1.29, 1.82) is 0 Å². The van der Waals surface area contributed by atoms with Crippen LogP contribution in [0.2, 0.25) is 0 Å². The number of benzene rings is 2. The molecule has 0 spiro atoms. The molecule has 2 aromatic carbocycles. The minimum Gasteiger partial charge on any atom is -0.482 e. The van der Waals surface area contributed by atoms with Gasteiger partial charge in [0.25, 0.3) is 5.91 Å². The third kappa shape index (κ3) is 5.51. The monoisotopic (exact) mass is 390 g/mol. The third-order valence-corrected chi connectivity index (χ3v) is 3.48. The predicted molar refractivity (Wildman–Crippen MR) is 93.2 cm³/mol. The first-order valence-electron chi connectivity index (χ1n) is 6.97. The average Bonchev–Trinajstić information content (AvgIpc) is 2.61. The van der Waals surface area contributed by atoms with Crippen LogP contribution in [0.1, 0.15) is 15.9 Å². The van der Waals surface area contributed by atoms with Crippen LogP contribution in [-0.2, 0) is 9.53 Å². The molecule has 0 aliphatic heterocycles. The number of rotatable bonds is 6. The van der Waals surface area contributed by atoms with E-state index in [-0.39, 0.29) is 12.5 Å². The summed E-state index contributed by atoms with van der Waals surface area (Å²) in [5.74, 6) is -0.204. The van der Waals surface area contributed by atoms with Crippen LogP contribution < -0.4 is 10.2 Å². The predicted octanol–water partition coefficient (Wildman–Crippen LogP) is 2.76. The maximum absolute atomic E-state index is 11.9. The summed E-state index contributed by atoms with van der Waals surface area (Å²) in [6.07, 6.45) is 1.51. The number of hydrogen-bond acceptors (Lipinski definition) is 5. The number of esters is 1. The second kappa shape index (κ2) is 8.83. The van der Waals surface area contributed by atoms with E-state index in [1.807, 2.05) is 0 Å². The van der Waals surface area contributed by atoms with Crippen molar-refractivity contribution in [2.75, 3.05) is 13.7 Å². The highest BCUT2D eigenvalue weighted by molar-refractivity contribution is 9.10. The van der Waals surface area contributed by atoms with Gasteiger partial charge in [-0.2, -0.15) is 5.10 Å². The zero-order chi connectivity index (χ0) is 17.4. The molecule has 1 amide bonds. The van der Waals surface area contributed by atoms with Crippen LogP contribution in [0.25, 0.3) is 0 Å². The third-order valence-electron chi connectivity index (χ3n) is 2.95. The van der Waals surface area contributed by atoms with Crippen molar-refractivity contribution in [2.45, 2.75) is 0 Å². The molecule has 0 atom stereocenters. The summed E-state index contributed by atoms with van der Waals surface area (Å²) in [7, 11) is 1.30. The number of carbonyl (C=O) groups excluding carboxylic acids is 2. The Hall–Kier alpha value is -2.67. The lowest BCUT2D eigenvalue weighted by Gasteiger charge is -2.04. The number of methoxy groups -OCH3 is 1. The summed E-state index contributed by atoms with van der Waals surface area (Å²) in [6.45, 7) is -0.146. The summed E-state index contributed by atoms with van der Waals surface area (Å²) in [5.41, 5.74) is 3.74. The van der Waals surface area contributed by atoms with Gasteiger partial charge in [-0.3, -0.25) is 4.79 Å². The van der Waals surface area contributed by atoms with Gasteiger partial charge < -0.3 is 9.47 Å². The van der Waals surface area contributed by atoms with E-state index in [2.05, 4.69) is 31.2 Å². The Morgan fingerprint density at radius 1 is 1.12 bits per heavy atom. The molecular weight excluding hydrogens is 376 g/mol. The van der Waals surface area contributed by atoms with Crippen LogP contribution in [0.5, 0.6) is 5.75 Å². The largest absolute Gasteiger partial charge is 0.482 e. The van der Waals surface area contributed by atoms with Gasteiger partial charge in [-0.1, -0.05) is 15.9 Å². The number of nitrogens with one attached hydrogen (secondary N) is 1. The average molecular weight is 391 g/mol. The molecule has 0 unspecified atom stereocenters. The number of ether oxygens (including phenoxy) is 2. The van der Waals surface area contributed by atoms with Gasteiger partial charge in [-0.15, -0.1) is 0 Å². The molecule has 0 saturated heterocycles. The van der Waals surface area contributed by atoms with Crippen LogP contribution in [0.3, 0.4) is 0 Å². The molecule has 0 aromatic heterocycles. The second-order valence-corrected chi connectivity index (χ2v) is 5.56. The van der Waals surface area contributed by atoms with E-state index in [1.165, 1.54) is 13.3 Å². The lowest BCUT2D eigenvalue weighted by Crippen LogP contribution is -2.17. The normalized spacial score (nSPS) is 10.4. The van der Waals surface area contributed by atoms with Crippen molar-refractivity contribution in [1.82, 2.24) is 5.43 Å². The van der Waals surface area contributed by atoms with Gasteiger partial charge in [0.15, 0.2) is 6.61 Å². The fourth-order valence-electron chi connectivity index (χ4n) is 1.68. The first-order valence-corrected chi connectivity index (χ1v) is 7.76. The lowest BCUT2D eigenvalue weighted by molar-refractivity contribution is -0.142. The number of halogens is 1. The van der Waals surface area contributed by atoms with Gasteiger partial charge in [-0.05, 0) is 54.1 Å². The van der Waals surface area contributed by atoms with Gasteiger partial charge in [0, 0.05) is 10.0 Å². The number of carbonyl (C=O) groups is 2. The Morgan fingerprint density at radius 2 is 1.79 bits per heavy atom. The van der Waals surface area contributed by atoms with Crippen LogP contribution >= 0.6 is 15.9 Å². The quantitative estimate of drug-likeness (QED) is 0.467. The lowest BCUT2D eigenvalue weighted by atomic mass is 10.2. The summed E-state index contributed by atoms with van der Waals surface area (Å²) in [5, 5.41) is 3.91. The zero-order valence-corrected chi connectivity index (χ0v) is 14.4. The van der Waals surface area contributed by atoms with Crippen molar-refractivity contribution in [3.63, 3.8) is 0 Å². The van der Waals surface area contributed by atoms with Crippen LogP contribution in [0.4, 0.5) is 0 Å². The molecule has 0 aliphatic rings. The molecule has 0 radical (unpaired) electrons. The molecule has 1 N–H and O–H groups in total. The van der Waals surface area contributed by atoms with E-state index < -0.39 is 5.97 Å². The van der Waals surface area contributed by atoms with Crippen LogP contribution in [-0.4, -0.2) is 31.8 Å². The minimum atomic E-state index is -0.448. The van der Waals surface area contributed by atoms with Gasteiger partial charge in [0.05, 0.1) is 13.3 Å². The molecule has 0 bridgehead atoms. The summed E-state index contributed by atoms with van der Waals surface area (Å²) < 4.78 is 10.6. The molecule has 6 nitrogen and oxygen atoms in total. The first-order chi connectivity index (χ1) is 11.6. The standard InChI is InChI=1S/C17H15BrN2O4/c1-23-16(21)11-24-15-8-2-12(3-9-15)10-19-20-17(22)13-4-6-14(18)7-5-13/h2-10H,11H2,1H3,(H,20,22)/b19-10-. The molecule has 0 heterocycles. The Labute approximate surface area is 147 Å². The van der Waals surface area contributed by atoms with Crippen molar-refractivity contribution >= 4 is 34.0 Å². The number of hydrazone groups is 1. The Morgan fingerprint density at radius 3 is 2.42 bits per heavy atom. The number of hydrogen-bond donors (Lipinski definition) is 1. The van der Waals surface area contributed by atoms with E-state index in [0.717, 1.165) is 10.0 Å². The van der Waals surface area contributed by atoms with Gasteiger partial charge >= 0.3 is 5.97 Å². The van der Waals surface area contributed by atoms with Crippen LogP contribution in [0.15, 0.2) is 58.1 Å². The highest BCUT2D eigenvalue weighted by atomic mass is 79.9. The molecule has 0 fully saturated rings. The van der Waals surface area contributed by atoms with Crippen molar-refractivity contribution < 1.29 is 19.1 Å². The SMILES string of the molecule is COC(=O)COc1ccc(/C=N\NC(=O)c2ccc(Br)cc2)cc1. The summed E-state index contributed by atoms with van der Waals surface area (Å²) >= 11 is 3.31. The van der Waals surface area contributed by atoms with E-state index >= 15 is 0 Å². The van der Waals surface area contributed by atoms with Crippen LogP contribution in [0, 0.1) is 0 Å². The maximum atomic E-state index is 11.9. The summed E-state index contributed by atoms with van der Waals surface area (Å²) in [6, 6.07) is 13.9. The Balaban J connectivity index is 1.86. The van der Waals surface area contributed by atoms with E-state index in [1.54, 1.807) is 48.5 Å². The summed E-state index contributed by atoms with van der Waals surface area (Å²) in [4.78, 5) is 22.9. The smallest absolute Gasteiger partial charge is 0.343 e. The molecule has 2 rings (SSSR count). The molecule has 0 aliphatic carbocycles. The molecule has 0 saturated carbocycles. The fourth-order valence-corrected chi connectivity index (χ4v) is 1.95. The van der Waals surface area contributed by atoms with Gasteiger partial charge in [-0.25, -0.2) is 10.2 Å². The first kappa shape index (κ1) is 17.7. The highest BCUT2D eigenvalue weighted by Gasteiger charge is 2.03. The molecule has 7 heteroatoms. The molecule has 124 valence electrons. The minimum absolute atomic E-state index is 0.146. The van der Waals surface area contributed by atoms with E-state index in [9.17, 15) is 9.59 Å². The van der Waals surface area contributed by atoms with Crippen molar-refractivity contribution in [3.8, 4) is 5.75 Å². The Bertz CT molecular complexity index is 727. The van der Waals surface area contributed by atoms with E-state index in [4.69, 9.17) is 4.74 Å². The maximum Gasteiger partial charge on any atom is 0.343 e. The number of nitrogens with zero attached hydrogens (tertiary/aromatic N) is 1. The molecule has 24 heavy (non-hydrogen) atoms. The second-order valence-electron chi connectivity index (χ2n) is 4.64. The molecule has 2 aromatic rings. The fraction of sp³-hybridized carbons (Fsp3) is 0.118. The zero-order valence-electron chi connectivity index (χ0n) is 12.9. The number of amides is 1. The molecular formula is C17H15BrN2O4. The Kier molecular flexibility index (Phi) is 6.51. The van der Waals surface area contributed by atoms with E-state index in [0.29, 0.717) is 11.3 Å². The topological polar surface area (TPSA) is 77.0 Å². The van der Waals surface area contributed by atoms with Crippen molar-refractivity contribution in [3.05, 3.63) is 64.1 Å². The van der Waals surface area contributed by atoms with Gasteiger partial charge in [0.2, 0.25) is 0 Å². The van der Waals surface area contributed by atoms with Crippen molar-refractivity contribution in [2.24, 2.45) is 5.10 Å². The highest BCUT2D eigenvalue weighted by Crippen LogP contribution is 2.11.